The molecule has 2 rings (SSSR count). The van der Waals surface area contributed by atoms with Crippen molar-refractivity contribution in [1.82, 2.24) is 0 Å². The Labute approximate surface area is 139 Å². The number of carbonyl (C=O) groups excluding carboxylic acids is 1. The Hall–Kier alpha value is -1.10. The molecule has 0 radical (unpaired) electrons. The van der Waals surface area contributed by atoms with E-state index in [0.717, 1.165) is 17.7 Å². The zero-order valence-electron chi connectivity index (χ0n) is 13.1. The average molecular weight is 327 g/mol. The van der Waals surface area contributed by atoms with E-state index in [0.29, 0.717) is 25.7 Å². The van der Waals surface area contributed by atoms with Gasteiger partial charge in [-0.05, 0) is 43.5 Å². The van der Waals surface area contributed by atoms with Crippen molar-refractivity contribution in [3.05, 3.63) is 29.8 Å². The number of benzene rings is 1. The molecule has 1 fully saturated rings. The summed E-state index contributed by atoms with van der Waals surface area (Å²) < 4.78 is 5.96. The zero-order chi connectivity index (χ0) is 14.9. The van der Waals surface area contributed by atoms with E-state index in [-0.39, 0.29) is 18.3 Å². The van der Waals surface area contributed by atoms with Crippen LogP contribution >= 0.6 is 12.4 Å². The highest BCUT2D eigenvalue weighted by atomic mass is 35.5. The van der Waals surface area contributed by atoms with Crippen LogP contribution in [-0.4, -0.2) is 18.6 Å². The van der Waals surface area contributed by atoms with E-state index >= 15 is 0 Å². The number of rotatable bonds is 7. The Balaban J connectivity index is 0.00000242. The molecule has 0 bridgehead atoms. The molecule has 1 aromatic carbocycles. The fourth-order valence-corrected chi connectivity index (χ4v) is 2.67. The van der Waals surface area contributed by atoms with E-state index in [1.165, 1.54) is 32.1 Å². The number of hydrogen-bond donors (Lipinski definition) is 2. The molecule has 0 aliphatic heterocycles. The second kappa shape index (κ2) is 10.6. The lowest BCUT2D eigenvalue weighted by Crippen LogP contribution is -2.16. The van der Waals surface area contributed by atoms with Crippen LogP contribution in [0.2, 0.25) is 0 Å². The molecule has 1 aromatic rings. The first kappa shape index (κ1) is 18.9. The van der Waals surface area contributed by atoms with Crippen LogP contribution in [0.3, 0.4) is 0 Å². The summed E-state index contributed by atoms with van der Waals surface area (Å²) in [6, 6.07) is 7.89. The van der Waals surface area contributed by atoms with Crippen LogP contribution in [-0.2, 0) is 16.1 Å². The minimum absolute atomic E-state index is 0. The van der Waals surface area contributed by atoms with Crippen LogP contribution in [0.4, 0.5) is 5.69 Å². The highest BCUT2D eigenvalue weighted by molar-refractivity contribution is 5.90. The molecule has 22 heavy (non-hydrogen) atoms. The second-order valence-electron chi connectivity index (χ2n) is 5.71. The summed E-state index contributed by atoms with van der Waals surface area (Å²) in [7, 11) is 0. The normalized spacial score (nSPS) is 15.1. The van der Waals surface area contributed by atoms with Gasteiger partial charge in [-0.15, -0.1) is 12.4 Å². The van der Waals surface area contributed by atoms with Crippen LogP contribution in [0.5, 0.6) is 0 Å². The van der Waals surface area contributed by atoms with Crippen molar-refractivity contribution < 1.29 is 9.53 Å². The minimum atomic E-state index is 0. The first-order chi connectivity index (χ1) is 10.3. The average Bonchev–Trinajstić information content (AvgIpc) is 2.52. The molecule has 3 N–H and O–H groups in total. The summed E-state index contributed by atoms with van der Waals surface area (Å²) in [5, 5.41) is 2.91. The minimum Gasteiger partial charge on any atom is -0.374 e. The quantitative estimate of drug-likeness (QED) is 0.804. The molecule has 0 atom stereocenters. The van der Waals surface area contributed by atoms with Gasteiger partial charge in [-0.2, -0.15) is 0 Å². The zero-order valence-corrected chi connectivity index (χ0v) is 13.9. The van der Waals surface area contributed by atoms with E-state index in [1.807, 2.05) is 24.3 Å². The van der Waals surface area contributed by atoms with Crippen molar-refractivity contribution in [3.8, 4) is 0 Å². The molecular formula is C17H27ClN2O2. The Kier molecular flexibility index (Phi) is 9.13. The van der Waals surface area contributed by atoms with Gasteiger partial charge in [0.1, 0.15) is 0 Å². The monoisotopic (exact) mass is 326 g/mol. The van der Waals surface area contributed by atoms with Gasteiger partial charge < -0.3 is 15.8 Å². The van der Waals surface area contributed by atoms with Crippen LogP contribution in [0.25, 0.3) is 0 Å². The van der Waals surface area contributed by atoms with Crippen molar-refractivity contribution in [1.29, 1.82) is 0 Å². The van der Waals surface area contributed by atoms with Gasteiger partial charge in [0, 0.05) is 12.1 Å². The van der Waals surface area contributed by atoms with Crippen LogP contribution in [0, 0.1) is 0 Å². The van der Waals surface area contributed by atoms with Gasteiger partial charge in [-0.3, -0.25) is 4.79 Å². The third kappa shape index (κ3) is 6.77. The van der Waals surface area contributed by atoms with Gasteiger partial charge >= 0.3 is 0 Å². The van der Waals surface area contributed by atoms with E-state index in [1.54, 1.807) is 0 Å². The molecule has 0 aromatic heterocycles. The van der Waals surface area contributed by atoms with Crippen LogP contribution < -0.4 is 11.1 Å². The number of amides is 1. The molecule has 1 amide bonds. The molecule has 0 saturated heterocycles. The Morgan fingerprint density at radius 3 is 2.77 bits per heavy atom. The number of ether oxygens (including phenoxy) is 1. The Bertz CT molecular complexity index is 448. The fourth-order valence-electron chi connectivity index (χ4n) is 2.67. The molecule has 5 heteroatoms. The number of anilines is 1. The number of halogens is 1. The van der Waals surface area contributed by atoms with Crippen molar-refractivity contribution in [2.45, 2.75) is 57.7 Å². The summed E-state index contributed by atoms with van der Waals surface area (Å²) in [4.78, 5) is 11.7. The lowest BCUT2D eigenvalue weighted by Gasteiger charge is -2.22. The van der Waals surface area contributed by atoms with E-state index in [4.69, 9.17) is 10.5 Å². The van der Waals surface area contributed by atoms with Gasteiger partial charge in [0.15, 0.2) is 0 Å². The van der Waals surface area contributed by atoms with Crippen LogP contribution in [0.1, 0.15) is 50.5 Å². The van der Waals surface area contributed by atoms with Gasteiger partial charge in [-0.1, -0.05) is 31.4 Å². The highest BCUT2D eigenvalue weighted by Crippen LogP contribution is 2.22. The van der Waals surface area contributed by atoms with Crippen molar-refractivity contribution in [2.75, 3.05) is 11.9 Å². The molecule has 1 aliphatic rings. The van der Waals surface area contributed by atoms with Gasteiger partial charge in [0.25, 0.3) is 0 Å². The van der Waals surface area contributed by atoms with Crippen molar-refractivity contribution in [3.63, 3.8) is 0 Å². The molecule has 124 valence electrons. The summed E-state index contributed by atoms with van der Waals surface area (Å²) in [6.45, 7) is 1.17. The molecule has 0 unspecified atom stereocenters. The maximum Gasteiger partial charge on any atom is 0.224 e. The molecule has 4 nitrogen and oxygen atoms in total. The standard InChI is InChI=1S/C17H26N2O2.ClH/c18-11-5-10-17(20)19-15-7-4-6-14(12-15)13-21-16-8-2-1-3-9-16;/h4,6-7,12,16H,1-3,5,8-11,13,18H2,(H,19,20);1H. The topological polar surface area (TPSA) is 64.4 Å². The fraction of sp³-hybridized carbons (Fsp3) is 0.588. The predicted molar refractivity (Wildman–Crippen MR) is 92.3 cm³/mol. The van der Waals surface area contributed by atoms with Gasteiger partial charge in [-0.25, -0.2) is 0 Å². The molecule has 1 aliphatic carbocycles. The van der Waals surface area contributed by atoms with Gasteiger partial charge in [0.2, 0.25) is 5.91 Å². The second-order valence-corrected chi connectivity index (χ2v) is 5.71. The molecule has 0 spiro atoms. The first-order valence-corrected chi connectivity index (χ1v) is 7.98. The Morgan fingerprint density at radius 2 is 2.05 bits per heavy atom. The largest absolute Gasteiger partial charge is 0.374 e. The number of nitrogens with one attached hydrogen (secondary N) is 1. The highest BCUT2D eigenvalue weighted by Gasteiger charge is 2.13. The van der Waals surface area contributed by atoms with Crippen LogP contribution in [0.15, 0.2) is 24.3 Å². The first-order valence-electron chi connectivity index (χ1n) is 7.98. The van der Waals surface area contributed by atoms with Crippen molar-refractivity contribution in [2.24, 2.45) is 5.73 Å². The number of hydrogen-bond acceptors (Lipinski definition) is 3. The van der Waals surface area contributed by atoms with E-state index in [9.17, 15) is 4.79 Å². The smallest absolute Gasteiger partial charge is 0.224 e. The van der Waals surface area contributed by atoms with Gasteiger partial charge in [0.05, 0.1) is 12.7 Å². The summed E-state index contributed by atoms with van der Waals surface area (Å²) >= 11 is 0. The molecule has 1 saturated carbocycles. The molecule has 0 heterocycles. The lowest BCUT2D eigenvalue weighted by atomic mass is 9.98. The van der Waals surface area contributed by atoms with E-state index in [2.05, 4.69) is 5.32 Å². The van der Waals surface area contributed by atoms with Crippen molar-refractivity contribution >= 4 is 24.0 Å². The third-order valence-electron chi connectivity index (χ3n) is 3.86. The molecular weight excluding hydrogens is 300 g/mol. The summed E-state index contributed by atoms with van der Waals surface area (Å²) in [6.07, 6.45) is 7.84. The lowest BCUT2D eigenvalue weighted by molar-refractivity contribution is -0.116. The maximum absolute atomic E-state index is 11.7. The Morgan fingerprint density at radius 1 is 1.27 bits per heavy atom. The predicted octanol–water partition coefficient (Wildman–Crippen LogP) is 3.64. The summed E-state index contributed by atoms with van der Waals surface area (Å²) in [5.41, 5.74) is 7.35. The maximum atomic E-state index is 11.7. The number of nitrogens with two attached hydrogens (primary N) is 1. The number of carbonyl (C=O) groups is 1. The summed E-state index contributed by atoms with van der Waals surface area (Å²) in [5.74, 6) is 0.0193. The van der Waals surface area contributed by atoms with E-state index < -0.39 is 0 Å². The SMILES string of the molecule is Cl.NCCCC(=O)Nc1cccc(COC2CCCCC2)c1. The third-order valence-corrected chi connectivity index (χ3v) is 3.86.